The van der Waals surface area contributed by atoms with Crippen molar-refractivity contribution in [3.05, 3.63) is 134 Å². The molecule has 492 valence electrons. The number of carbonyl (C=O) groups is 2. The molecule has 5 heteroatoms. The van der Waals surface area contributed by atoms with Crippen LogP contribution >= 0.6 is 0 Å². The van der Waals surface area contributed by atoms with E-state index < -0.39 is 6.10 Å². The van der Waals surface area contributed by atoms with Crippen molar-refractivity contribution in [3.8, 4) is 0 Å². The molecular weight excluding hydrogens is 1050 g/mol. The average molecular weight is 1190 g/mol. The Kier molecular flexibility index (Phi) is 71.8. The van der Waals surface area contributed by atoms with Crippen LogP contribution in [0, 0.1) is 0 Å². The summed E-state index contributed by atoms with van der Waals surface area (Å²) in [7, 11) is 0. The minimum absolute atomic E-state index is 0.0682. The van der Waals surface area contributed by atoms with E-state index in [2.05, 4.69) is 148 Å². The van der Waals surface area contributed by atoms with Gasteiger partial charge in [0, 0.05) is 12.8 Å². The Hall–Kier alpha value is -3.96. The highest BCUT2D eigenvalue weighted by Crippen LogP contribution is 2.18. The number of hydrogen-bond donors (Lipinski definition) is 1. The molecule has 0 saturated carbocycles. The van der Waals surface area contributed by atoms with Gasteiger partial charge in [0.25, 0.3) is 0 Å². The second kappa shape index (κ2) is 75.3. The van der Waals surface area contributed by atoms with Crippen LogP contribution in [-0.4, -0.2) is 36.4 Å². The molecule has 0 aliphatic rings. The lowest BCUT2D eigenvalue weighted by molar-refractivity contribution is -0.161. The van der Waals surface area contributed by atoms with Gasteiger partial charge in [0.05, 0.1) is 6.61 Å². The van der Waals surface area contributed by atoms with Crippen molar-refractivity contribution in [1.29, 1.82) is 0 Å². The van der Waals surface area contributed by atoms with Crippen molar-refractivity contribution in [1.82, 2.24) is 0 Å². The van der Waals surface area contributed by atoms with Crippen LogP contribution < -0.4 is 0 Å². The van der Waals surface area contributed by atoms with Crippen LogP contribution in [0.4, 0.5) is 0 Å². The molecule has 86 heavy (non-hydrogen) atoms. The Labute approximate surface area is 534 Å². The first-order valence-corrected chi connectivity index (χ1v) is 36.7. The Morgan fingerprint density at radius 2 is 0.500 bits per heavy atom. The predicted octanol–water partition coefficient (Wildman–Crippen LogP) is 25.9. The lowest BCUT2D eigenvalue weighted by Gasteiger charge is -2.15. The summed E-state index contributed by atoms with van der Waals surface area (Å²) in [4.78, 5) is 24.7. The molecule has 0 saturated heterocycles. The van der Waals surface area contributed by atoms with E-state index in [9.17, 15) is 14.7 Å². The molecule has 0 bridgehead atoms. The van der Waals surface area contributed by atoms with Gasteiger partial charge < -0.3 is 14.6 Å². The number of esters is 2. The number of carbonyl (C=O) groups excluding carboxylic acids is 2. The molecule has 0 heterocycles. The Morgan fingerprint density at radius 3 is 0.756 bits per heavy atom. The first-order valence-electron chi connectivity index (χ1n) is 36.7. The average Bonchev–Trinajstić information content (AvgIpc) is 3.55. The van der Waals surface area contributed by atoms with Gasteiger partial charge in [0.2, 0.25) is 0 Å². The second-order valence-corrected chi connectivity index (χ2v) is 24.3. The first kappa shape index (κ1) is 82.0. The summed E-state index contributed by atoms with van der Waals surface area (Å²) in [6, 6.07) is 0. The molecule has 1 unspecified atom stereocenters. The molecule has 0 fully saturated rings. The molecule has 0 aromatic heterocycles. The van der Waals surface area contributed by atoms with Gasteiger partial charge in [-0.15, -0.1) is 0 Å². The summed E-state index contributed by atoms with van der Waals surface area (Å²) in [5, 5.41) is 9.72. The van der Waals surface area contributed by atoms with Gasteiger partial charge in [-0.2, -0.15) is 0 Å². The highest BCUT2D eigenvalue weighted by atomic mass is 16.6. The largest absolute Gasteiger partial charge is 0.462 e. The van der Waals surface area contributed by atoms with E-state index in [1.54, 1.807) is 0 Å². The lowest BCUT2D eigenvalue weighted by Crippen LogP contribution is -2.28. The van der Waals surface area contributed by atoms with Crippen molar-refractivity contribution in [3.63, 3.8) is 0 Å². The molecule has 5 nitrogen and oxygen atoms in total. The van der Waals surface area contributed by atoms with Gasteiger partial charge in [-0.05, 0) is 116 Å². The normalized spacial score (nSPS) is 13.0. The molecule has 0 aliphatic heterocycles. The van der Waals surface area contributed by atoms with Crippen molar-refractivity contribution >= 4 is 11.9 Å². The van der Waals surface area contributed by atoms with Gasteiger partial charge in [-0.25, -0.2) is 0 Å². The number of ether oxygens (including phenoxy) is 2. The molecule has 0 aliphatic carbocycles. The first-order chi connectivity index (χ1) is 42.6. The van der Waals surface area contributed by atoms with Crippen molar-refractivity contribution in [2.75, 3.05) is 13.2 Å². The van der Waals surface area contributed by atoms with Crippen molar-refractivity contribution in [2.24, 2.45) is 0 Å². The maximum absolute atomic E-state index is 12.4. The third-order valence-electron chi connectivity index (χ3n) is 15.9. The molecule has 0 aromatic rings. The topological polar surface area (TPSA) is 72.8 Å². The molecule has 0 aromatic carbocycles. The van der Waals surface area contributed by atoms with Gasteiger partial charge in [0.1, 0.15) is 6.61 Å². The smallest absolute Gasteiger partial charge is 0.306 e. The molecule has 1 atom stereocenters. The fourth-order valence-electron chi connectivity index (χ4n) is 10.5. The van der Waals surface area contributed by atoms with E-state index in [-0.39, 0.29) is 25.2 Å². The zero-order valence-electron chi connectivity index (χ0n) is 56.5. The molecule has 0 radical (unpaired) electrons. The summed E-state index contributed by atoms with van der Waals surface area (Å²) >= 11 is 0. The fraction of sp³-hybridized carbons (Fsp3) is 0.704. The number of hydrogen-bond acceptors (Lipinski definition) is 5. The summed E-state index contributed by atoms with van der Waals surface area (Å²) in [6.07, 6.45) is 112. The van der Waals surface area contributed by atoms with E-state index in [1.807, 2.05) is 0 Å². The highest BCUT2D eigenvalue weighted by Gasteiger charge is 2.16. The molecule has 0 rings (SSSR count). The van der Waals surface area contributed by atoms with Crippen LogP contribution in [0.3, 0.4) is 0 Å². The number of unbranched alkanes of at least 4 members (excludes halogenated alkanes) is 37. The Bertz CT molecular complexity index is 1730. The maximum Gasteiger partial charge on any atom is 0.306 e. The van der Waals surface area contributed by atoms with E-state index in [0.717, 1.165) is 103 Å². The summed E-state index contributed by atoms with van der Waals surface area (Å²) < 4.78 is 10.8. The maximum atomic E-state index is 12.4. The van der Waals surface area contributed by atoms with Crippen molar-refractivity contribution in [2.45, 2.75) is 354 Å². The number of rotatable bonds is 67. The van der Waals surface area contributed by atoms with Crippen LogP contribution in [0.1, 0.15) is 348 Å². The van der Waals surface area contributed by atoms with Gasteiger partial charge in [0.15, 0.2) is 6.10 Å². The summed E-state index contributed by atoms with van der Waals surface area (Å²) in [5.74, 6) is -0.583. The fourth-order valence-corrected chi connectivity index (χ4v) is 10.5. The van der Waals surface area contributed by atoms with E-state index in [0.29, 0.717) is 12.8 Å². The van der Waals surface area contributed by atoms with Crippen LogP contribution in [0.5, 0.6) is 0 Å². The molecule has 0 spiro atoms. The third-order valence-corrected chi connectivity index (χ3v) is 15.9. The van der Waals surface area contributed by atoms with Gasteiger partial charge in [-0.1, -0.05) is 353 Å². The second-order valence-electron chi connectivity index (χ2n) is 24.3. The van der Waals surface area contributed by atoms with Crippen LogP contribution in [0.25, 0.3) is 0 Å². The quantitative estimate of drug-likeness (QED) is 0.0373. The van der Waals surface area contributed by atoms with Gasteiger partial charge >= 0.3 is 11.9 Å². The lowest BCUT2D eigenvalue weighted by atomic mass is 10.0. The zero-order chi connectivity index (χ0) is 61.9. The summed E-state index contributed by atoms with van der Waals surface area (Å²) in [5.41, 5.74) is 0. The molecule has 0 amide bonds. The van der Waals surface area contributed by atoms with Gasteiger partial charge in [-0.3, -0.25) is 9.59 Å². The standard InChI is InChI=1S/C81H138O5/c1-3-5-7-9-11-13-15-17-19-21-23-25-27-29-31-33-35-37-38-39-40-41-42-44-46-48-50-52-54-56-58-60-62-64-66-68-70-72-74-76-81(84)86-79(77-82)78-85-80(83)75-73-71-69-67-65-63-61-59-57-55-53-51-49-47-45-43-36-34-32-30-28-26-24-22-20-18-16-14-12-10-8-6-4-2/h5,7,11,13,16-19,22-25,28-31,35,37,39-40,42,44,79,82H,3-4,6,8-10,12,14-15,20-21,26-27,32-34,36,38,41,43,45-78H2,1-2H3/b7-5-,13-11-,18-16-,19-17-,24-22-,25-23-,30-28-,31-29-,37-35-,40-39-,44-42-. The van der Waals surface area contributed by atoms with Crippen LogP contribution in [-0.2, 0) is 19.1 Å². The minimum Gasteiger partial charge on any atom is -0.462 e. The number of aliphatic hydroxyl groups is 1. The minimum atomic E-state index is -0.780. The SMILES string of the molecule is CC/C=C\C/C=C\C/C=C\C/C=C\C/C=C\C/C=C\C/C=C\C/C=C\CCCCCCCCCCCCCCCCC(=O)OC(CO)COC(=O)CCCCCCCCCCCCCCCCCCCC/C=C\C/C=C\C/C=C\CCCCCCC. The van der Waals surface area contributed by atoms with Crippen LogP contribution in [0.15, 0.2) is 134 Å². The van der Waals surface area contributed by atoms with Crippen LogP contribution in [0.2, 0.25) is 0 Å². The molecular formula is C81H138O5. The Balaban J connectivity index is 3.48. The monoisotopic (exact) mass is 1190 g/mol. The summed E-state index contributed by atoms with van der Waals surface area (Å²) in [6.45, 7) is 4.04. The predicted molar refractivity (Wildman–Crippen MR) is 380 cm³/mol. The Morgan fingerprint density at radius 1 is 0.279 bits per heavy atom. The number of aliphatic hydroxyl groups excluding tert-OH is 1. The zero-order valence-corrected chi connectivity index (χ0v) is 56.5. The molecule has 1 N–H and O–H groups in total. The highest BCUT2D eigenvalue weighted by molar-refractivity contribution is 5.70. The van der Waals surface area contributed by atoms with E-state index >= 15 is 0 Å². The van der Waals surface area contributed by atoms with Crippen molar-refractivity contribution < 1.29 is 24.2 Å². The van der Waals surface area contributed by atoms with E-state index in [1.165, 1.54) is 218 Å². The number of allylic oxidation sites excluding steroid dienone is 22. The third kappa shape index (κ3) is 72.5. The van der Waals surface area contributed by atoms with E-state index in [4.69, 9.17) is 9.47 Å².